The van der Waals surface area contributed by atoms with Crippen molar-refractivity contribution in [2.24, 2.45) is 0 Å². The van der Waals surface area contributed by atoms with E-state index in [0.29, 0.717) is 12.4 Å². The Hall–Kier alpha value is -2.69. The number of carbonyl (C=O) groups is 1. The van der Waals surface area contributed by atoms with Crippen LogP contribution in [0.5, 0.6) is 0 Å². The summed E-state index contributed by atoms with van der Waals surface area (Å²) in [5.41, 5.74) is 0.959. The van der Waals surface area contributed by atoms with Crippen molar-refractivity contribution in [1.29, 1.82) is 0 Å². The average Bonchev–Trinajstić information content (AvgIpc) is 2.86. The number of hydrogen-bond donors (Lipinski definition) is 1. The van der Waals surface area contributed by atoms with E-state index in [1.807, 2.05) is 24.4 Å². The first-order valence-corrected chi connectivity index (χ1v) is 6.36. The Kier molecular flexibility index (Phi) is 3.16. The van der Waals surface area contributed by atoms with Gasteiger partial charge in [0.25, 0.3) is 0 Å². The van der Waals surface area contributed by atoms with E-state index in [4.69, 9.17) is 0 Å². The minimum atomic E-state index is -0.126. The third-order valence-electron chi connectivity index (χ3n) is 3.01. The number of benzene rings is 1. The highest BCUT2D eigenvalue weighted by molar-refractivity contribution is 5.87. The first-order valence-electron chi connectivity index (χ1n) is 6.36. The maximum atomic E-state index is 11.0. The molecule has 0 spiro atoms. The van der Waals surface area contributed by atoms with E-state index in [1.165, 1.54) is 6.92 Å². The van der Waals surface area contributed by atoms with Gasteiger partial charge in [-0.2, -0.15) is 5.10 Å². The molecule has 0 atom stereocenters. The summed E-state index contributed by atoms with van der Waals surface area (Å²) >= 11 is 0. The predicted octanol–water partition coefficient (Wildman–Crippen LogP) is 2.44. The van der Waals surface area contributed by atoms with Crippen molar-refractivity contribution in [1.82, 2.24) is 14.8 Å². The summed E-state index contributed by atoms with van der Waals surface area (Å²) in [6.45, 7) is 2.03. The summed E-state index contributed by atoms with van der Waals surface area (Å²) in [7, 11) is 0. The number of amides is 1. The Morgan fingerprint density at radius 3 is 2.95 bits per heavy atom. The molecule has 5 heteroatoms. The molecular weight excluding hydrogens is 252 g/mol. The fraction of sp³-hybridized carbons (Fsp3) is 0.133. The quantitative estimate of drug-likeness (QED) is 0.792. The Bertz CT molecular complexity index is 758. The minimum Gasteiger partial charge on any atom is -0.309 e. The molecule has 0 saturated heterocycles. The molecule has 0 radical (unpaired) electrons. The molecule has 0 aliphatic heterocycles. The second kappa shape index (κ2) is 5.13. The lowest BCUT2D eigenvalue weighted by Crippen LogP contribution is -2.08. The average molecular weight is 266 g/mol. The van der Waals surface area contributed by atoms with Gasteiger partial charge < -0.3 is 5.32 Å². The maximum absolute atomic E-state index is 11.0. The highest BCUT2D eigenvalue weighted by Gasteiger charge is 2.05. The van der Waals surface area contributed by atoms with Gasteiger partial charge in [-0.15, -0.1) is 0 Å². The molecular formula is C15H14N4O. The normalized spacial score (nSPS) is 10.7. The molecule has 1 N–H and O–H groups in total. The highest BCUT2D eigenvalue weighted by Crippen LogP contribution is 2.17. The van der Waals surface area contributed by atoms with Crippen molar-refractivity contribution in [3.63, 3.8) is 0 Å². The fourth-order valence-electron chi connectivity index (χ4n) is 2.16. The summed E-state index contributed by atoms with van der Waals surface area (Å²) in [5, 5.41) is 9.23. The van der Waals surface area contributed by atoms with Gasteiger partial charge in [0.15, 0.2) is 5.82 Å². The molecule has 0 aliphatic rings. The third kappa shape index (κ3) is 2.51. The summed E-state index contributed by atoms with van der Waals surface area (Å²) in [6.07, 6.45) is 3.63. The van der Waals surface area contributed by atoms with Gasteiger partial charge >= 0.3 is 0 Å². The van der Waals surface area contributed by atoms with Crippen molar-refractivity contribution in [3.8, 4) is 0 Å². The van der Waals surface area contributed by atoms with Crippen molar-refractivity contribution < 1.29 is 4.79 Å². The van der Waals surface area contributed by atoms with Gasteiger partial charge in [0.1, 0.15) is 0 Å². The number of nitrogens with zero attached hydrogens (tertiary/aromatic N) is 3. The summed E-state index contributed by atoms with van der Waals surface area (Å²) in [5.74, 6) is 0.427. The zero-order valence-electron chi connectivity index (χ0n) is 11.1. The zero-order valence-corrected chi connectivity index (χ0v) is 11.1. The van der Waals surface area contributed by atoms with Crippen LogP contribution in [0.3, 0.4) is 0 Å². The second-order valence-corrected chi connectivity index (χ2v) is 4.56. The van der Waals surface area contributed by atoms with Crippen molar-refractivity contribution in [2.75, 3.05) is 5.32 Å². The maximum Gasteiger partial charge on any atom is 0.222 e. The van der Waals surface area contributed by atoms with Crippen LogP contribution in [-0.4, -0.2) is 20.7 Å². The number of nitrogens with one attached hydrogen (secondary N) is 1. The number of carbonyl (C=O) groups excluding carboxylic acids is 1. The first kappa shape index (κ1) is 12.3. The molecule has 5 nitrogen and oxygen atoms in total. The molecule has 1 aromatic carbocycles. The van der Waals surface area contributed by atoms with Crippen molar-refractivity contribution in [3.05, 3.63) is 54.5 Å². The lowest BCUT2D eigenvalue weighted by molar-refractivity contribution is -0.114. The Balaban J connectivity index is 1.89. The molecule has 0 unspecified atom stereocenters. The molecule has 2 heterocycles. The number of aromatic nitrogens is 3. The summed E-state index contributed by atoms with van der Waals surface area (Å²) < 4.78 is 1.76. The van der Waals surface area contributed by atoms with Gasteiger partial charge in [0.05, 0.1) is 12.2 Å². The summed E-state index contributed by atoms with van der Waals surface area (Å²) in [4.78, 5) is 15.4. The van der Waals surface area contributed by atoms with Gasteiger partial charge in [-0.1, -0.05) is 24.3 Å². The molecule has 3 aromatic rings. The van der Waals surface area contributed by atoms with Crippen LogP contribution in [0.2, 0.25) is 0 Å². The molecule has 3 rings (SSSR count). The third-order valence-corrected chi connectivity index (χ3v) is 3.01. The number of pyridine rings is 1. The molecule has 2 aromatic heterocycles. The number of anilines is 1. The Morgan fingerprint density at radius 2 is 2.10 bits per heavy atom. The van der Waals surface area contributed by atoms with Gasteiger partial charge in [-0.3, -0.25) is 14.5 Å². The standard InChI is InChI=1S/C15H14N4O/c1-11(20)17-15-7-9-19(18-15)10-14-13-5-3-2-4-12(13)6-8-16-14/h2-9H,10H2,1H3,(H,17,18,20). The lowest BCUT2D eigenvalue weighted by Gasteiger charge is -2.05. The van der Waals surface area contributed by atoms with E-state index in [1.54, 1.807) is 16.9 Å². The van der Waals surface area contributed by atoms with Crippen LogP contribution in [0.4, 0.5) is 5.82 Å². The van der Waals surface area contributed by atoms with Gasteiger partial charge in [-0.25, -0.2) is 0 Å². The molecule has 1 amide bonds. The second-order valence-electron chi connectivity index (χ2n) is 4.56. The van der Waals surface area contributed by atoms with Crippen LogP contribution < -0.4 is 5.32 Å². The fourth-order valence-corrected chi connectivity index (χ4v) is 2.16. The van der Waals surface area contributed by atoms with Crippen molar-refractivity contribution >= 4 is 22.5 Å². The Morgan fingerprint density at radius 1 is 1.25 bits per heavy atom. The van der Waals surface area contributed by atoms with E-state index in [2.05, 4.69) is 27.5 Å². The topological polar surface area (TPSA) is 59.8 Å². The van der Waals surface area contributed by atoms with Crippen LogP contribution in [0.25, 0.3) is 10.8 Å². The molecule has 20 heavy (non-hydrogen) atoms. The molecule has 0 aliphatic carbocycles. The van der Waals surface area contributed by atoms with Crippen LogP contribution >= 0.6 is 0 Å². The summed E-state index contributed by atoms with van der Waals surface area (Å²) in [6, 6.07) is 11.9. The van der Waals surface area contributed by atoms with E-state index in [0.717, 1.165) is 16.5 Å². The minimum absolute atomic E-state index is 0.126. The smallest absolute Gasteiger partial charge is 0.222 e. The lowest BCUT2D eigenvalue weighted by atomic mass is 10.1. The predicted molar refractivity (Wildman–Crippen MR) is 77.4 cm³/mol. The van der Waals surface area contributed by atoms with Crippen molar-refractivity contribution in [2.45, 2.75) is 13.5 Å². The molecule has 100 valence electrons. The van der Waals surface area contributed by atoms with Crippen LogP contribution in [0.15, 0.2) is 48.8 Å². The van der Waals surface area contributed by atoms with E-state index in [9.17, 15) is 4.79 Å². The van der Waals surface area contributed by atoms with Crippen LogP contribution in [0, 0.1) is 0 Å². The molecule has 0 fully saturated rings. The highest BCUT2D eigenvalue weighted by atomic mass is 16.1. The van der Waals surface area contributed by atoms with Gasteiger partial charge in [-0.05, 0) is 11.5 Å². The van der Waals surface area contributed by atoms with Gasteiger partial charge in [0.2, 0.25) is 5.91 Å². The van der Waals surface area contributed by atoms with E-state index >= 15 is 0 Å². The molecule has 0 bridgehead atoms. The Labute approximate surface area is 116 Å². The number of rotatable bonds is 3. The first-order chi connectivity index (χ1) is 9.72. The number of fused-ring (bicyclic) bond motifs is 1. The zero-order chi connectivity index (χ0) is 13.9. The largest absolute Gasteiger partial charge is 0.309 e. The van der Waals surface area contributed by atoms with Crippen LogP contribution in [-0.2, 0) is 11.3 Å². The SMILES string of the molecule is CC(=O)Nc1ccn(Cc2nccc3ccccc23)n1. The van der Waals surface area contributed by atoms with E-state index < -0.39 is 0 Å². The monoisotopic (exact) mass is 266 g/mol. The number of hydrogen-bond acceptors (Lipinski definition) is 3. The van der Waals surface area contributed by atoms with E-state index in [-0.39, 0.29) is 5.91 Å². The molecule has 0 saturated carbocycles. The van der Waals surface area contributed by atoms with Gasteiger partial charge in [0, 0.05) is 30.8 Å². The van der Waals surface area contributed by atoms with Crippen LogP contribution in [0.1, 0.15) is 12.6 Å².